The van der Waals surface area contributed by atoms with Crippen molar-refractivity contribution in [1.82, 2.24) is 9.80 Å². The summed E-state index contributed by atoms with van der Waals surface area (Å²) in [5.74, 6) is 0.626. The second-order valence-electron chi connectivity index (χ2n) is 7.50. The molecule has 1 aromatic carbocycles. The Kier molecular flexibility index (Phi) is 6.22. The Morgan fingerprint density at radius 2 is 1.97 bits per heavy atom. The van der Waals surface area contributed by atoms with Crippen LogP contribution in [0.5, 0.6) is 5.75 Å². The molecule has 2 aromatic rings. The molecule has 156 valence electrons. The molecule has 3 heterocycles. The van der Waals surface area contributed by atoms with E-state index in [0.29, 0.717) is 22.9 Å². The second-order valence-corrected chi connectivity index (χ2v) is 7.50. The minimum absolute atomic E-state index is 0.00661. The van der Waals surface area contributed by atoms with Crippen molar-refractivity contribution in [2.75, 3.05) is 32.8 Å². The smallest absolute Gasteiger partial charge is 0.339 e. The molecule has 8 nitrogen and oxygen atoms in total. The number of carbonyl (C=O) groups is 2. The van der Waals surface area contributed by atoms with E-state index in [4.69, 9.17) is 19.1 Å². The monoisotopic (exact) mass is 402 g/mol. The molecule has 2 bridgehead atoms. The Balaban J connectivity index is 0.000000755. The minimum atomic E-state index is -0.332. The quantitative estimate of drug-likeness (QED) is 0.616. The molecular weight excluding hydrogens is 376 g/mol. The lowest BCUT2D eigenvalue weighted by molar-refractivity contribution is -0.136. The number of rotatable bonds is 3. The van der Waals surface area contributed by atoms with Gasteiger partial charge in [-0.25, -0.2) is 4.79 Å². The van der Waals surface area contributed by atoms with E-state index in [9.17, 15) is 9.59 Å². The fraction of sp³-hybridized carbons (Fsp3) is 0.476. The van der Waals surface area contributed by atoms with Crippen LogP contribution in [0.25, 0.3) is 11.0 Å². The maximum Gasteiger partial charge on any atom is 0.339 e. The number of piperazine rings is 1. The van der Waals surface area contributed by atoms with Gasteiger partial charge in [-0.05, 0) is 50.5 Å². The van der Waals surface area contributed by atoms with Gasteiger partial charge in [-0.15, -0.1) is 0 Å². The summed E-state index contributed by atoms with van der Waals surface area (Å²) >= 11 is 0. The van der Waals surface area contributed by atoms with E-state index < -0.39 is 0 Å². The molecule has 0 aliphatic carbocycles. The third-order valence-corrected chi connectivity index (χ3v) is 5.67. The normalized spacial score (nSPS) is 20.2. The minimum Gasteiger partial charge on any atom is -0.483 e. The molecule has 29 heavy (non-hydrogen) atoms. The van der Waals surface area contributed by atoms with Crippen LogP contribution in [-0.2, 0) is 9.59 Å². The van der Waals surface area contributed by atoms with Crippen molar-refractivity contribution in [3.05, 3.63) is 39.2 Å². The van der Waals surface area contributed by atoms with E-state index >= 15 is 0 Å². The Morgan fingerprint density at radius 1 is 1.24 bits per heavy atom. The molecule has 0 saturated carbocycles. The Bertz CT molecular complexity index is 983. The van der Waals surface area contributed by atoms with Crippen LogP contribution in [0.2, 0.25) is 0 Å². The Labute approximate surface area is 168 Å². The van der Waals surface area contributed by atoms with Crippen molar-refractivity contribution < 1.29 is 23.8 Å². The van der Waals surface area contributed by atoms with Gasteiger partial charge in [0.15, 0.2) is 6.61 Å². The lowest BCUT2D eigenvalue weighted by Crippen LogP contribution is -2.50. The van der Waals surface area contributed by atoms with Gasteiger partial charge in [0, 0.05) is 37.8 Å². The predicted octanol–water partition coefficient (Wildman–Crippen LogP) is 1.71. The number of benzene rings is 1. The fourth-order valence-corrected chi connectivity index (χ4v) is 4.05. The van der Waals surface area contributed by atoms with Gasteiger partial charge in [0.2, 0.25) is 0 Å². The van der Waals surface area contributed by atoms with Gasteiger partial charge in [0.1, 0.15) is 11.3 Å². The topological polar surface area (TPSA) is 100 Å². The van der Waals surface area contributed by atoms with Crippen LogP contribution in [0.4, 0.5) is 0 Å². The van der Waals surface area contributed by atoms with Crippen LogP contribution >= 0.6 is 0 Å². The summed E-state index contributed by atoms with van der Waals surface area (Å²) in [6.07, 6.45) is 1.04. The van der Waals surface area contributed by atoms with Gasteiger partial charge >= 0.3 is 5.63 Å². The largest absolute Gasteiger partial charge is 0.483 e. The van der Waals surface area contributed by atoms with Crippen LogP contribution in [0.1, 0.15) is 23.1 Å². The first-order valence-electron chi connectivity index (χ1n) is 9.62. The number of amides is 1. The van der Waals surface area contributed by atoms with Crippen LogP contribution in [-0.4, -0.2) is 66.1 Å². The number of nitrogens with zero attached hydrogens (tertiary/aromatic N) is 2. The molecule has 2 aliphatic heterocycles. The fourth-order valence-electron chi connectivity index (χ4n) is 4.05. The zero-order chi connectivity index (χ0) is 21.1. The number of ether oxygens (including phenoxy) is 1. The highest BCUT2D eigenvalue weighted by atomic mass is 16.5. The van der Waals surface area contributed by atoms with Crippen LogP contribution < -0.4 is 10.4 Å². The van der Waals surface area contributed by atoms with E-state index in [0.717, 1.165) is 49.1 Å². The van der Waals surface area contributed by atoms with Gasteiger partial charge in [-0.1, -0.05) is 0 Å². The first-order chi connectivity index (χ1) is 13.8. The second kappa shape index (κ2) is 8.65. The van der Waals surface area contributed by atoms with Gasteiger partial charge in [0.25, 0.3) is 12.4 Å². The SMILES string of the molecule is Cc1cc(OCC(=O)N2CCN3CCC2C3)c2c(C)c(C)c(=O)oc2c1.O=CO. The van der Waals surface area contributed by atoms with Crippen LogP contribution in [0.3, 0.4) is 0 Å². The Morgan fingerprint density at radius 3 is 2.69 bits per heavy atom. The van der Waals surface area contributed by atoms with Crippen LogP contribution in [0.15, 0.2) is 21.3 Å². The third kappa shape index (κ3) is 4.27. The highest BCUT2D eigenvalue weighted by Gasteiger charge is 2.35. The molecule has 8 heteroatoms. The van der Waals surface area contributed by atoms with E-state index in [1.54, 1.807) is 6.92 Å². The van der Waals surface area contributed by atoms with E-state index in [1.807, 2.05) is 30.9 Å². The molecule has 1 N–H and O–H groups in total. The van der Waals surface area contributed by atoms with Crippen molar-refractivity contribution in [3.63, 3.8) is 0 Å². The molecule has 4 rings (SSSR count). The average Bonchev–Trinajstić information content (AvgIpc) is 3.05. The van der Waals surface area contributed by atoms with Crippen molar-refractivity contribution in [2.24, 2.45) is 0 Å². The highest BCUT2D eigenvalue weighted by Crippen LogP contribution is 2.31. The van der Waals surface area contributed by atoms with Gasteiger partial charge in [0.05, 0.1) is 5.39 Å². The zero-order valence-electron chi connectivity index (χ0n) is 16.9. The predicted molar refractivity (Wildman–Crippen MR) is 107 cm³/mol. The maximum absolute atomic E-state index is 12.7. The first kappa shape index (κ1) is 20.9. The highest BCUT2D eigenvalue weighted by molar-refractivity contribution is 5.88. The van der Waals surface area contributed by atoms with Gasteiger partial charge in [-0.2, -0.15) is 0 Å². The van der Waals surface area contributed by atoms with Crippen molar-refractivity contribution >= 4 is 23.3 Å². The molecule has 0 spiro atoms. The van der Waals surface area contributed by atoms with E-state index in [-0.39, 0.29) is 24.6 Å². The summed E-state index contributed by atoms with van der Waals surface area (Å²) in [7, 11) is 0. The molecule has 1 aromatic heterocycles. The standard InChI is InChI=1S/C20H24N2O4.CH2O2/c1-12-8-16(19-13(2)14(3)20(24)26-17(19)9-12)25-11-18(23)22-7-6-21-5-4-15(22)10-21;2-1-3/h8-9,15H,4-7,10-11H2,1-3H3;1H,(H,2,3). The lowest BCUT2D eigenvalue weighted by Gasteiger charge is -2.34. The van der Waals surface area contributed by atoms with E-state index in [2.05, 4.69) is 4.90 Å². The van der Waals surface area contributed by atoms with Crippen LogP contribution in [0, 0.1) is 20.8 Å². The summed E-state index contributed by atoms with van der Waals surface area (Å²) in [4.78, 5) is 37.4. The molecule has 0 radical (unpaired) electrons. The molecule has 1 amide bonds. The molecular formula is C21H26N2O6. The molecule has 2 fully saturated rings. The third-order valence-electron chi connectivity index (χ3n) is 5.67. The number of aryl methyl sites for hydroxylation is 2. The molecule has 2 unspecified atom stereocenters. The average molecular weight is 402 g/mol. The molecule has 2 saturated heterocycles. The summed E-state index contributed by atoms with van der Waals surface area (Å²) in [5, 5.41) is 7.66. The molecule has 2 atom stereocenters. The number of carboxylic acid groups (broad SMARTS) is 1. The van der Waals surface area contributed by atoms with E-state index in [1.165, 1.54) is 0 Å². The Hall–Kier alpha value is -2.87. The summed E-state index contributed by atoms with van der Waals surface area (Å²) in [6.45, 7) is 9.07. The van der Waals surface area contributed by atoms with Gasteiger partial charge < -0.3 is 19.2 Å². The van der Waals surface area contributed by atoms with Crippen molar-refractivity contribution in [1.29, 1.82) is 0 Å². The number of hydrogen-bond acceptors (Lipinski definition) is 6. The maximum atomic E-state index is 12.7. The number of hydrogen-bond donors (Lipinski definition) is 1. The molecule has 2 aliphatic rings. The number of fused-ring (bicyclic) bond motifs is 3. The van der Waals surface area contributed by atoms with Gasteiger partial charge in [-0.3, -0.25) is 14.5 Å². The summed E-state index contributed by atoms with van der Waals surface area (Å²) in [6, 6.07) is 4.04. The zero-order valence-corrected chi connectivity index (χ0v) is 16.9. The first-order valence-corrected chi connectivity index (χ1v) is 9.62. The lowest BCUT2D eigenvalue weighted by atomic mass is 10.0. The summed E-state index contributed by atoms with van der Waals surface area (Å²) < 4.78 is 11.4. The van der Waals surface area contributed by atoms with Crippen molar-refractivity contribution in [2.45, 2.75) is 33.2 Å². The van der Waals surface area contributed by atoms with Crippen molar-refractivity contribution in [3.8, 4) is 5.75 Å². The number of carbonyl (C=O) groups excluding carboxylic acids is 1. The summed E-state index contributed by atoms with van der Waals surface area (Å²) in [5.41, 5.74) is 2.50.